The van der Waals surface area contributed by atoms with Crippen LogP contribution in [0.2, 0.25) is 0 Å². The molecule has 0 radical (unpaired) electrons. The van der Waals surface area contributed by atoms with Crippen molar-refractivity contribution in [2.24, 2.45) is 4.99 Å². The van der Waals surface area contributed by atoms with Gasteiger partial charge in [-0.05, 0) is 31.9 Å². The quantitative estimate of drug-likeness (QED) is 0.929. The Balaban J connectivity index is 1.73. The number of ether oxygens (including phenoxy) is 2. The van der Waals surface area contributed by atoms with E-state index in [2.05, 4.69) is 5.32 Å². The lowest BCUT2D eigenvalue weighted by Crippen LogP contribution is -2.34. The van der Waals surface area contributed by atoms with E-state index in [4.69, 9.17) is 14.5 Å². The van der Waals surface area contributed by atoms with E-state index in [1.807, 2.05) is 31.2 Å². The van der Waals surface area contributed by atoms with Crippen LogP contribution in [0.3, 0.4) is 0 Å². The van der Waals surface area contributed by atoms with Crippen molar-refractivity contribution in [3.05, 3.63) is 24.3 Å². The summed E-state index contributed by atoms with van der Waals surface area (Å²) in [5, 5.41) is 4.41. The monoisotopic (exact) mass is 292 g/mol. The van der Waals surface area contributed by atoms with Crippen LogP contribution >= 0.6 is 11.8 Å². The summed E-state index contributed by atoms with van der Waals surface area (Å²) in [5.74, 6) is 1.93. The minimum Gasteiger partial charge on any atom is -0.492 e. The predicted molar refractivity (Wildman–Crippen MR) is 83.9 cm³/mol. The normalized spacial score (nSPS) is 20.8. The van der Waals surface area contributed by atoms with Gasteiger partial charge in [-0.15, -0.1) is 0 Å². The van der Waals surface area contributed by atoms with E-state index in [0.29, 0.717) is 6.61 Å². The van der Waals surface area contributed by atoms with Crippen LogP contribution in [0.15, 0.2) is 29.3 Å². The summed E-state index contributed by atoms with van der Waals surface area (Å²) in [7, 11) is 0. The number of nitrogens with zero attached hydrogens (tertiary/aromatic N) is 1. The summed E-state index contributed by atoms with van der Waals surface area (Å²) in [5.41, 5.74) is 1.08. The van der Waals surface area contributed by atoms with E-state index in [0.717, 1.165) is 48.4 Å². The number of anilines is 1. The molecular weight excluding hydrogens is 272 g/mol. The third kappa shape index (κ3) is 2.94. The third-order valence-corrected chi connectivity index (χ3v) is 4.82. The molecule has 0 unspecified atom stereocenters. The topological polar surface area (TPSA) is 42.8 Å². The van der Waals surface area contributed by atoms with Crippen LogP contribution in [-0.4, -0.2) is 36.3 Å². The fraction of sp³-hybridized carbons (Fsp3) is 0.533. The first kappa shape index (κ1) is 13.8. The van der Waals surface area contributed by atoms with E-state index < -0.39 is 0 Å². The molecule has 3 rings (SSSR count). The van der Waals surface area contributed by atoms with Gasteiger partial charge in [0.1, 0.15) is 5.75 Å². The minimum atomic E-state index is 0.0891. The second kappa shape index (κ2) is 6.06. The molecule has 5 heteroatoms. The molecule has 0 saturated carbocycles. The lowest BCUT2D eigenvalue weighted by molar-refractivity contribution is 0.0624. The zero-order chi connectivity index (χ0) is 13.8. The highest BCUT2D eigenvalue weighted by Crippen LogP contribution is 2.37. The Morgan fingerprint density at radius 2 is 2.15 bits per heavy atom. The minimum absolute atomic E-state index is 0.0891. The molecule has 2 aliphatic heterocycles. The Bertz CT molecular complexity index is 498. The van der Waals surface area contributed by atoms with E-state index in [9.17, 15) is 0 Å². The Kier molecular flexibility index (Phi) is 4.17. The lowest BCUT2D eigenvalue weighted by atomic mass is 9.93. The molecule has 0 bridgehead atoms. The number of hydrogen-bond acceptors (Lipinski definition) is 5. The SMILES string of the molecule is CCOc1ccccc1NC1=NC2(CCOCC2)CS1. The smallest absolute Gasteiger partial charge is 0.161 e. The van der Waals surface area contributed by atoms with Crippen molar-refractivity contribution >= 4 is 22.6 Å². The second-order valence-corrected chi connectivity index (χ2v) is 6.06. The maximum Gasteiger partial charge on any atom is 0.161 e. The first-order chi connectivity index (χ1) is 9.81. The van der Waals surface area contributed by atoms with Gasteiger partial charge in [0.15, 0.2) is 5.17 Å². The van der Waals surface area contributed by atoms with Crippen LogP contribution in [-0.2, 0) is 4.74 Å². The Labute approximate surface area is 123 Å². The first-order valence-corrected chi connectivity index (χ1v) is 8.09. The summed E-state index contributed by atoms with van der Waals surface area (Å²) >= 11 is 1.80. The van der Waals surface area contributed by atoms with Gasteiger partial charge in [-0.25, -0.2) is 0 Å². The van der Waals surface area contributed by atoms with Gasteiger partial charge in [-0.3, -0.25) is 4.99 Å². The highest BCUT2D eigenvalue weighted by molar-refractivity contribution is 8.14. The summed E-state index contributed by atoms with van der Waals surface area (Å²) in [6.45, 7) is 4.31. The summed E-state index contributed by atoms with van der Waals surface area (Å²) in [4.78, 5) is 4.91. The van der Waals surface area contributed by atoms with Crippen molar-refractivity contribution in [2.75, 3.05) is 30.9 Å². The average Bonchev–Trinajstić information content (AvgIpc) is 2.85. The van der Waals surface area contributed by atoms with E-state index >= 15 is 0 Å². The third-order valence-electron chi connectivity index (χ3n) is 3.67. The van der Waals surface area contributed by atoms with Gasteiger partial charge in [0.25, 0.3) is 0 Å². The van der Waals surface area contributed by atoms with Crippen molar-refractivity contribution in [1.29, 1.82) is 0 Å². The molecule has 2 heterocycles. The lowest BCUT2D eigenvalue weighted by Gasteiger charge is -2.29. The molecule has 1 N–H and O–H groups in total. The highest BCUT2D eigenvalue weighted by atomic mass is 32.2. The van der Waals surface area contributed by atoms with Gasteiger partial charge >= 0.3 is 0 Å². The number of rotatable bonds is 3. The first-order valence-electron chi connectivity index (χ1n) is 7.11. The number of thioether (sulfide) groups is 1. The fourth-order valence-corrected chi connectivity index (χ4v) is 3.72. The van der Waals surface area contributed by atoms with Crippen molar-refractivity contribution in [2.45, 2.75) is 25.3 Å². The number of amidine groups is 1. The van der Waals surface area contributed by atoms with Crippen molar-refractivity contribution < 1.29 is 9.47 Å². The number of aliphatic imine (C=N–C) groups is 1. The molecule has 1 saturated heterocycles. The van der Waals surface area contributed by atoms with Crippen molar-refractivity contribution in [3.8, 4) is 5.75 Å². The van der Waals surface area contributed by atoms with Crippen molar-refractivity contribution in [1.82, 2.24) is 0 Å². The average molecular weight is 292 g/mol. The van der Waals surface area contributed by atoms with Crippen LogP contribution in [0.25, 0.3) is 0 Å². The standard InChI is InChI=1S/C15H20N2O2S/c1-2-19-13-6-4-3-5-12(13)16-14-17-15(11-20-14)7-9-18-10-8-15/h3-6H,2,7-11H2,1H3,(H,16,17). The van der Waals surface area contributed by atoms with Gasteiger partial charge in [-0.1, -0.05) is 23.9 Å². The van der Waals surface area contributed by atoms with Crippen LogP contribution in [0.5, 0.6) is 5.75 Å². The molecule has 1 spiro atoms. The molecule has 0 amide bonds. The maximum absolute atomic E-state index is 5.64. The molecule has 0 aliphatic carbocycles. The van der Waals surface area contributed by atoms with Gasteiger partial charge < -0.3 is 14.8 Å². The molecule has 2 aliphatic rings. The fourth-order valence-electron chi connectivity index (χ4n) is 2.52. The molecule has 1 aromatic rings. The molecule has 20 heavy (non-hydrogen) atoms. The van der Waals surface area contributed by atoms with E-state index in [1.54, 1.807) is 11.8 Å². The zero-order valence-electron chi connectivity index (χ0n) is 11.7. The molecule has 4 nitrogen and oxygen atoms in total. The second-order valence-electron chi connectivity index (χ2n) is 5.10. The van der Waals surface area contributed by atoms with Crippen LogP contribution in [0.4, 0.5) is 5.69 Å². The largest absolute Gasteiger partial charge is 0.492 e. The predicted octanol–water partition coefficient (Wildman–Crippen LogP) is 3.15. The maximum atomic E-state index is 5.64. The molecule has 1 fully saturated rings. The van der Waals surface area contributed by atoms with Crippen LogP contribution < -0.4 is 10.1 Å². The molecular formula is C15H20N2O2S. The van der Waals surface area contributed by atoms with Gasteiger partial charge in [0.2, 0.25) is 0 Å². The molecule has 1 aromatic carbocycles. The number of hydrogen-bond donors (Lipinski definition) is 1. The van der Waals surface area contributed by atoms with Crippen molar-refractivity contribution in [3.63, 3.8) is 0 Å². The molecule has 0 aromatic heterocycles. The van der Waals surface area contributed by atoms with E-state index in [1.165, 1.54) is 0 Å². The zero-order valence-corrected chi connectivity index (χ0v) is 12.5. The highest BCUT2D eigenvalue weighted by Gasteiger charge is 2.37. The Morgan fingerprint density at radius 3 is 2.95 bits per heavy atom. The van der Waals surface area contributed by atoms with Crippen LogP contribution in [0.1, 0.15) is 19.8 Å². The van der Waals surface area contributed by atoms with E-state index in [-0.39, 0.29) is 5.54 Å². The summed E-state index contributed by atoms with van der Waals surface area (Å²) in [6, 6.07) is 8.01. The Hall–Kier alpha value is -1.20. The summed E-state index contributed by atoms with van der Waals surface area (Å²) in [6.07, 6.45) is 2.05. The van der Waals surface area contributed by atoms with Gasteiger partial charge in [0, 0.05) is 19.0 Å². The number of nitrogens with one attached hydrogen (secondary N) is 1. The number of benzene rings is 1. The summed E-state index contributed by atoms with van der Waals surface area (Å²) < 4.78 is 11.1. The van der Waals surface area contributed by atoms with Crippen LogP contribution in [0, 0.1) is 0 Å². The van der Waals surface area contributed by atoms with Gasteiger partial charge in [-0.2, -0.15) is 0 Å². The molecule has 108 valence electrons. The number of para-hydroxylation sites is 2. The van der Waals surface area contributed by atoms with Gasteiger partial charge in [0.05, 0.1) is 17.8 Å². The Morgan fingerprint density at radius 1 is 1.35 bits per heavy atom. The molecule has 0 atom stereocenters.